The number of hydrogen-bond acceptors (Lipinski definition) is 3. The number of nitrogens with zero attached hydrogens (tertiary/aromatic N) is 2. The van der Waals surface area contributed by atoms with Gasteiger partial charge in [-0.15, -0.1) is 0 Å². The molecule has 3 N–H and O–H groups in total. The molecule has 0 aliphatic heterocycles. The van der Waals surface area contributed by atoms with Crippen molar-refractivity contribution in [2.24, 2.45) is 17.2 Å². The number of aromatic nitrogens is 2. The van der Waals surface area contributed by atoms with Gasteiger partial charge in [0.25, 0.3) is 0 Å². The first-order valence-corrected chi connectivity index (χ1v) is 7.75. The fourth-order valence-corrected chi connectivity index (χ4v) is 3.33. The minimum Gasteiger partial charge on any atom is -0.271 e. The molecule has 0 saturated heterocycles. The molecule has 0 spiro atoms. The molecule has 2 atom stereocenters. The van der Waals surface area contributed by atoms with Gasteiger partial charge in [-0.25, -0.2) is 0 Å². The van der Waals surface area contributed by atoms with Crippen LogP contribution in [0.3, 0.4) is 0 Å². The van der Waals surface area contributed by atoms with Crippen LogP contribution in [0.5, 0.6) is 0 Å². The van der Waals surface area contributed by atoms with E-state index in [1.165, 1.54) is 6.42 Å². The molecule has 0 aromatic carbocycles. The van der Waals surface area contributed by atoms with E-state index in [9.17, 15) is 0 Å². The maximum Gasteiger partial charge on any atom is 0.0709 e. The summed E-state index contributed by atoms with van der Waals surface area (Å²) in [5.41, 5.74) is 4.44. The van der Waals surface area contributed by atoms with E-state index in [0.29, 0.717) is 11.3 Å². The molecule has 0 fully saturated rings. The van der Waals surface area contributed by atoms with Gasteiger partial charge in [-0.1, -0.05) is 27.7 Å². The van der Waals surface area contributed by atoms with Crippen molar-refractivity contribution in [3.63, 3.8) is 0 Å². The largest absolute Gasteiger partial charge is 0.271 e. The van der Waals surface area contributed by atoms with Gasteiger partial charge >= 0.3 is 0 Å². The molecule has 0 aliphatic rings. The van der Waals surface area contributed by atoms with E-state index in [1.807, 2.05) is 10.9 Å². The van der Waals surface area contributed by atoms with Crippen molar-refractivity contribution >= 4 is 15.9 Å². The van der Waals surface area contributed by atoms with Gasteiger partial charge in [0.15, 0.2) is 0 Å². The molecule has 4 nitrogen and oxygen atoms in total. The van der Waals surface area contributed by atoms with E-state index in [4.69, 9.17) is 5.84 Å². The zero-order chi connectivity index (χ0) is 14.6. The molecule has 0 aliphatic carbocycles. The summed E-state index contributed by atoms with van der Waals surface area (Å²) in [7, 11) is 0. The van der Waals surface area contributed by atoms with E-state index in [-0.39, 0.29) is 6.04 Å². The molecular weight excluding hydrogens is 304 g/mol. The molecule has 2 unspecified atom stereocenters. The van der Waals surface area contributed by atoms with E-state index in [2.05, 4.69) is 61.1 Å². The van der Waals surface area contributed by atoms with Crippen LogP contribution in [0, 0.1) is 11.3 Å². The van der Waals surface area contributed by atoms with Gasteiger partial charge in [0.2, 0.25) is 0 Å². The number of nitrogens with two attached hydrogens (primary N) is 1. The summed E-state index contributed by atoms with van der Waals surface area (Å²) in [6.07, 6.45) is 4.04. The lowest BCUT2D eigenvalue weighted by Crippen LogP contribution is -2.32. The first kappa shape index (κ1) is 16.7. The second kappa shape index (κ2) is 6.86. The van der Waals surface area contributed by atoms with Gasteiger partial charge in [-0.3, -0.25) is 16.0 Å². The Bertz CT molecular complexity index is 395. The molecule has 110 valence electrons. The summed E-state index contributed by atoms with van der Waals surface area (Å²) in [4.78, 5) is 0. The molecule has 19 heavy (non-hydrogen) atoms. The summed E-state index contributed by atoms with van der Waals surface area (Å²) in [5.74, 6) is 6.36. The van der Waals surface area contributed by atoms with Crippen molar-refractivity contribution in [3.05, 3.63) is 16.4 Å². The van der Waals surface area contributed by atoms with Crippen molar-refractivity contribution < 1.29 is 0 Å². The Balaban J connectivity index is 2.80. The predicted octanol–water partition coefficient (Wildman–Crippen LogP) is 3.63. The standard InChI is InChI=1S/C14H27BrN4/c1-6-19-13(11(15)9-17-19)12(18-16)7-10(2)8-14(3,4)5/h9-10,12,18H,6-8,16H2,1-5H3. The van der Waals surface area contributed by atoms with Crippen LogP contribution in [0.25, 0.3) is 0 Å². The zero-order valence-corrected chi connectivity index (χ0v) is 14.3. The van der Waals surface area contributed by atoms with Crippen molar-refractivity contribution in [2.75, 3.05) is 0 Å². The average Bonchev–Trinajstić information content (AvgIpc) is 2.65. The van der Waals surface area contributed by atoms with Crippen LogP contribution in [0.1, 0.15) is 59.2 Å². The SMILES string of the molecule is CCn1ncc(Br)c1C(CC(C)CC(C)(C)C)NN. The second-order valence-corrected chi connectivity index (χ2v) is 7.37. The average molecular weight is 331 g/mol. The van der Waals surface area contributed by atoms with Crippen LogP contribution < -0.4 is 11.3 Å². The molecule has 1 rings (SSSR count). The highest BCUT2D eigenvalue weighted by Crippen LogP contribution is 2.32. The number of halogens is 1. The molecule has 0 bridgehead atoms. The molecule has 1 aromatic rings. The Morgan fingerprint density at radius 3 is 2.58 bits per heavy atom. The maximum absolute atomic E-state index is 5.76. The van der Waals surface area contributed by atoms with Crippen LogP contribution in [-0.2, 0) is 6.54 Å². The van der Waals surface area contributed by atoms with Crippen LogP contribution in [0.2, 0.25) is 0 Å². The molecule has 5 heteroatoms. The second-order valence-electron chi connectivity index (χ2n) is 6.52. The van der Waals surface area contributed by atoms with Crippen molar-refractivity contribution in [1.29, 1.82) is 0 Å². The minimum absolute atomic E-state index is 0.133. The Hall–Kier alpha value is -0.390. The zero-order valence-electron chi connectivity index (χ0n) is 12.7. The van der Waals surface area contributed by atoms with Gasteiger partial charge in [-0.2, -0.15) is 5.10 Å². The van der Waals surface area contributed by atoms with Crippen LogP contribution in [0.15, 0.2) is 10.7 Å². The van der Waals surface area contributed by atoms with E-state index >= 15 is 0 Å². The smallest absolute Gasteiger partial charge is 0.0709 e. The van der Waals surface area contributed by atoms with E-state index in [0.717, 1.165) is 23.1 Å². The van der Waals surface area contributed by atoms with E-state index in [1.54, 1.807) is 0 Å². The van der Waals surface area contributed by atoms with Gasteiger partial charge < -0.3 is 0 Å². The normalized spacial score (nSPS) is 15.5. The maximum atomic E-state index is 5.76. The summed E-state index contributed by atoms with van der Waals surface area (Å²) in [5, 5.41) is 4.36. The van der Waals surface area contributed by atoms with Crippen molar-refractivity contribution in [1.82, 2.24) is 15.2 Å². The summed E-state index contributed by atoms with van der Waals surface area (Å²) < 4.78 is 3.03. The third kappa shape index (κ3) is 4.89. The van der Waals surface area contributed by atoms with Gasteiger partial charge in [-0.05, 0) is 47.0 Å². The highest BCUT2D eigenvalue weighted by molar-refractivity contribution is 9.10. The first-order valence-electron chi connectivity index (χ1n) is 6.95. The molecule has 0 radical (unpaired) electrons. The third-order valence-corrected chi connectivity index (χ3v) is 3.87. The monoisotopic (exact) mass is 330 g/mol. The number of aryl methyl sites for hydroxylation is 1. The lowest BCUT2D eigenvalue weighted by molar-refractivity contribution is 0.272. The van der Waals surface area contributed by atoms with Gasteiger partial charge in [0.1, 0.15) is 0 Å². The molecule has 1 aromatic heterocycles. The predicted molar refractivity (Wildman–Crippen MR) is 83.5 cm³/mol. The third-order valence-electron chi connectivity index (χ3n) is 3.26. The Labute approximate surface area is 125 Å². The number of hydrazine groups is 1. The quantitative estimate of drug-likeness (QED) is 0.618. The summed E-state index contributed by atoms with van der Waals surface area (Å²) in [6, 6.07) is 0.133. The molecule has 0 saturated carbocycles. The highest BCUT2D eigenvalue weighted by Gasteiger charge is 2.23. The van der Waals surface area contributed by atoms with Crippen molar-refractivity contribution in [3.8, 4) is 0 Å². The first-order chi connectivity index (χ1) is 8.78. The highest BCUT2D eigenvalue weighted by atomic mass is 79.9. The van der Waals surface area contributed by atoms with Crippen LogP contribution >= 0.6 is 15.9 Å². The molecule has 1 heterocycles. The number of hydrogen-bond donors (Lipinski definition) is 2. The Morgan fingerprint density at radius 1 is 1.47 bits per heavy atom. The van der Waals surface area contributed by atoms with Crippen LogP contribution in [0.4, 0.5) is 0 Å². The van der Waals surface area contributed by atoms with Crippen molar-refractivity contribution in [2.45, 2.75) is 60.0 Å². The fraction of sp³-hybridized carbons (Fsp3) is 0.786. The fourth-order valence-electron chi connectivity index (χ4n) is 2.76. The molecular formula is C14H27BrN4. The lowest BCUT2D eigenvalue weighted by Gasteiger charge is -2.27. The van der Waals surface area contributed by atoms with Gasteiger partial charge in [0, 0.05) is 6.54 Å². The number of rotatable bonds is 6. The van der Waals surface area contributed by atoms with Crippen LogP contribution in [-0.4, -0.2) is 9.78 Å². The lowest BCUT2D eigenvalue weighted by atomic mass is 9.82. The van der Waals surface area contributed by atoms with Gasteiger partial charge in [0.05, 0.1) is 22.4 Å². The minimum atomic E-state index is 0.133. The summed E-state index contributed by atoms with van der Waals surface area (Å²) in [6.45, 7) is 12.1. The number of nitrogens with one attached hydrogen (secondary N) is 1. The summed E-state index contributed by atoms with van der Waals surface area (Å²) >= 11 is 3.57. The van der Waals surface area contributed by atoms with E-state index < -0.39 is 0 Å². The molecule has 0 amide bonds. The Kier molecular flexibility index (Phi) is 6.02. The Morgan fingerprint density at radius 2 is 2.11 bits per heavy atom. The topological polar surface area (TPSA) is 55.9 Å².